The van der Waals surface area contributed by atoms with E-state index in [4.69, 9.17) is 10.5 Å². The van der Waals surface area contributed by atoms with Gasteiger partial charge in [-0.15, -0.1) is 11.3 Å². The molecule has 2 heterocycles. The molecule has 1 aromatic heterocycles. The molecule has 190 valence electrons. The summed E-state index contributed by atoms with van der Waals surface area (Å²) in [5.74, 6) is -0.633. The molecule has 1 aliphatic rings. The summed E-state index contributed by atoms with van der Waals surface area (Å²) in [6, 6.07) is 18.1. The zero-order valence-corrected chi connectivity index (χ0v) is 22.6. The lowest BCUT2D eigenvalue weighted by Crippen LogP contribution is -2.40. The topological polar surface area (TPSA) is 98.1 Å². The average Bonchev–Trinajstić information content (AvgIpc) is 3.20. The first-order chi connectivity index (χ1) is 17.7. The third-order valence-electron chi connectivity index (χ3n) is 6.60. The number of thiazole rings is 1. The van der Waals surface area contributed by atoms with Crippen LogP contribution in [-0.2, 0) is 9.53 Å². The first kappa shape index (κ1) is 26.2. The quantitative estimate of drug-likeness (QED) is 0.500. The summed E-state index contributed by atoms with van der Waals surface area (Å²) < 4.78 is 7.47. The van der Waals surface area contributed by atoms with Crippen molar-refractivity contribution in [3.05, 3.63) is 95.9 Å². The number of benzene rings is 2. The fourth-order valence-electron chi connectivity index (χ4n) is 4.50. The van der Waals surface area contributed by atoms with E-state index in [1.807, 2.05) is 48.5 Å². The van der Waals surface area contributed by atoms with Crippen LogP contribution in [0.3, 0.4) is 0 Å². The van der Waals surface area contributed by atoms with Gasteiger partial charge in [-0.05, 0) is 47.1 Å². The van der Waals surface area contributed by atoms with Crippen LogP contribution in [0.5, 0.6) is 0 Å². The number of nitriles is 1. The number of aromatic nitrogens is 1. The lowest BCUT2D eigenvalue weighted by molar-refractivity contribution is -0.138. The number of fused-ring (bicyclic) bond motifs is 1. The molecule has 0 amide bonds. The van der Waals surface area contributed by atoms with E-state index in [0.717, 1.165) is 16.7 Å². The molecule has 1 aliphatic heterocycles. The van der Waals surface area contributed by atoms with Gasteiger partial charge in [-0.3, -0.25) is 9.36 Å². The number of carbonyl (C=O) groups excluding carboxylic acids is 1. The molecule has 2 aromatic carbocycles. The zero-order chi connectivity index (χ0) is 26.9. The second-order valence-electron chi connectivity index (χ2n) is 9.68. The van der Waals surface area contributed by atoms with Crippen molar-refractivity contribution >= 4 is 34.8 Å². The Bertz CT molecular complexity index is 1580. The van der Waals surface area contributed by atoms with Crippen LogP contribution in [0.2, 0.25) is 0 Å². The van der Waals surface area contributed by atoms with Crippen LogP contribution in [0.25, 0.3) is 17.5 Å². The Hall–Kier alpha value is -3.89. The minimum atomic E-state index is -0.735. The molecule has 0 aliphatic carbocycles. The molecule has 7 heteroatoms. The second kappa shape index (κ2) is 10.6. The van der Waals surface area contributed by atoms with Gasteiger partial charge in [0.1, 0.15) is 10.5 Å². The van der Waals surface area contributed by atoms with Crippen molar-refractivity contribution < 1.29 is 9.53 Å². The monoisotopic (exact) mass is 513 g/mol. The summed E-state index contributed by atoms with van der Waals surface area (Å²) in [5.41, 5.74) is 10.5. The molecule has 2 N–H and O–H groups in total. The molecule has 0 bridgehead atoms. The molecule has 0 radical (unpaired) electrons. The molecule has 1 atom stereocenters. The molecule has 37 heavy (non-hydrogen) atoms. The maximum atomic E-state index is 13.5. The number of carbonyl (C=O) groups is 1. The summed E-state index contributed by atoms with van der Waals surface area (Å²) >= 11 is 1.21. The van der Waals surface area contributed by atoms with Gasteiger partial charge in [0, 0.05) is 0 Å². The number of ether oxygens (including phenoxy) is 1. The molecule has 6 nitrogen and oxygen atoms in total. The Balaban J connectivity index is 1.98. The van der Waals surface area contributed by atoms with Gasteiger partial charge in [0.25, 0.3) is 5.56 Å². The van der Waals surface area contributed by atoms with Crippen LogP contribution in [0.15, 0.2) is 58.9 Å². The van der Waals surface area contributed by atoms with Crippen molar-refractivity contribution in [3.63, 3.8) is 0 Å². The first-order valence-corrected chi connectivity index (χ1v) is 13.2. The number of hydrogen-bond acceptors (Lipinski definition) is 6. The predicted octanol–water partition coefficient (Wildman–Crippen LogP) is 4.15. The van der Waals surface area contributed by atoms with Crippen molar-refractivity contribution in [2.45, 2.75) is 52.4 Å². The predicted molar refractivity (Wildman–Crippen MR) is 148 cm³/mol. The third-order valence-corrected chi connectivity index (χ3v) is 7.71. The Morgan fingerprint density at radius 2 is 1.65 bits per heavy atom. The maximum Gasteiger partial charge on any atom is 0.338 e. The molecule has 0 saturated heterocycles. The van der Waals surface area contributed by atoms with Crippen LogP contribution < -0.4 is 20.5 Å². The second-order valence-corrected chi connectivity index (χ2v) is 10.7. The Morgan fingerprint density at radius 1 is 1.08 bits per heavy atom. The Morgan fingerprint density at radius 3 is 2.16 bits per heavy atom. The van der Waals surface area contributed by atoms with Crippen LogP contribution in [-0.4, -0.2) is 17.1 Å². The highest BCUT2D eigenvalue weighted by atomic mass is 32.1. The maximum absolute atomic E-state index is 13.5. The summed E-state index contributed by atoms with van der Waals surface area (Å²) in [4.78, 5) is 26.6. The van der Waals surface area contributed by atoms with Gasteiger partial charge < -0.3 is 10.5 Å². The van der Waals surface area contributed by atoms with Crippen LogP contribution in [0.1, 0.15) is 74.6 Å². The normalized spacial score (nSPS) is 15.8. The van der Waals surface area contributed by atoms with Gasteiger partial charge >= 0.3 is 5.97 Å². The van der Waals surface area contributed by atoms with E-state index < -0.39 is 11.9 Å². The molecule has 0 saturated carbocycles. The van der Waals surface area contributed by atoms with Crippen molar-refractivity contribution in [2.24, 2.45) is 5.73 Å². The molecule has 4 rings (SSSR count). The van der Waals surface area contributed by atoms with E-state index in [1.54, 1.807) is 13.0 Å². The number of nitrogens with zero attached hydrogens (tertiary/aromatic N) is 2. The van der Waals surface area contributed by atoms with E-state index >= 15 is 0 Å². The van der Waals surface area contributed by atoms with Crippen molar-refractivity contribution in [3.8, 4) is 6.07 Å². The summed E-state index contributed by atoms with van der Waals surface area (Å²) in [7, 11) is 0. The van der Waals surface area contributed by atoms with Gasteiger partial charge in [0.05, 0.1) is 34.3 Å². The molecular formula is C30H31N3O3S. The van der Waals surface area contributed by atoms with Crippen LogP contribution in [0, 0.1) is 11.3 Å². The molecule has 0 fully saturated rings. The van der Waals surface area contributed by atoms with E-state index in [9.17, 15) is 14.9 Å². The highest BCUT2D eigenvalue weighted by Gasteiger charge is 2.36. The van der Waals surface area contributed by atoms with Gasteiger partial charge in [-0.2, -0.15) is 5.26 Å². The summed E-state index contributed by atoms with van der Waals surface area (Å²) in [6.45, 7) is 10.3. The summed E-state index contributed by atoms with van der Waals surface area (Å²) in [5, 5.41) is 10.3. The number of hydrogen-bond donors (Lipinski definition) is 1. The lowest BCUT2D eigenvalue weighted by atomic mass is 9.83. The average molecular weight is 514 g/mol. The number of rotatable bonds is 6. The van der Waals surface area contributed by atoms with E-state index in [1.165, 1.54) is 21.5 Å². The minimum absolute atomic E-state index is 0.00134. The van der Waals surface area contributed by atoms with Gasteiger partial charge in [0.15, 0.2) is 0 Å². The highest BCUT2D eigenvalue weighted by Crippen LogP contribution is 2.37. The zero-order valence-electron chi connectivity index (χ0n) is 21.7. The van der Waals surface area contributed by atoms with Crippen molar-refractivity contribution in [2.75, 3.05) is 6.61 Å². The van der Waals surface area contributed by atoms with Crippen molar-refractivity contribution in [1.82, 2.24) is 4.57 Å². The van der Waals surface area contributed by atoms with Crippen LogP contribution >= 0.6 is 11.3 Å². The lowest BCUT2D eigenvalue weighted by Gasteiger charge is -2.25. The largest absolute Gasteiger partial charge is 0.463 e. The number of nitrogens with two attached hydrogens (primary N) is 1. The number of esters is 1. The molecule has 0 unspecified atom stereocenters. The SMILES string of the molecule is CCOC(=O)C1=C(N)n2c(s/c(=C\c3ccc(C(C)C)cc3)c2=O)=C(C#N)[C@@H]1c1ccc(C(C)C)cc1. The fraction of sp³-hybridized carbons (Fsp3) is 0.300. The summed E-state index contributed by atoms with van der Waals surface area (Å²) in [6.07, 6.45) is 1.79. The molecular weight excluding hydrogens is 482 g/mol. The van der Waals surface area contributed by atoms with E-state index in [-0.39, 0.29) is 23.6 Å². The van der Waals surface area contributed by atoms with Crippen molar-refractivity contribution in [1.29, 1.82) is 5.26 Å². The standard InChI is InChI=1S/C30H31N3O3S/c1-6-36-30(35)26-25(22-13-11-21(12-14-22)18(4)5)23(16-31)29-33(27(26)32)28(34)24(37-29)15-19-7-9-20(10-8-19)17(2)3/h7-15,17-18,25H,6,32H2,1-5H3/b24-15-/t25-/m0/s1. The van der Waals surface area contributed by atoms with Gasteiger partial charge in [0.2, 0.25) is 0 Å². The smallest absolute Gasteiger partial charge is 0.338 e. The van der Waals surface area contributed by atoms with Gasteiger partial charge in [-0.25, -0.2) is 4.79 Å². The fourth-order valence-corrected chi connectivity index (χ4v) is 5.62. The van der Waals surface area contributed by atoms with E-state index in [0.29, 0.717) is 26.6 Å². The highest BCUT2D eigenvalue weighted by molar-refractivity contribution is 7.07. The first-order valence-electron chi connectivity index (χ1n) is 12.4. The molecule has 3 aromatic rings. The van der Waals surface area contributed by atoms with Gasteiger partial charge in [-0.1, -0.05) is 76.2 Å². The molecule has 0 spiro atoms. The Kier molecular flexibility index (Phi) is 7.51. The Labute approximate surface area is 220 Å². The third kappa shape index (κ3) is 4.90. The van der Waals surface area contributed by atoms with Crippen LogP contribution in [0.4, 0.5) is 0 Å². The minimum Gasteiger partial charge on any atom is -0.463 e. The van der Waals surface area contributed by atoms with E-state index in [2.05, 4.69) is 33.8 Å².